The summed E-state index contributed by atoms with van der Waals surface area (Å²) in [5.74, 6) is 1.03. The lowest BCUT2D eigenvalue weighted by molar-refractivity contribution is 0.238. The van der Waals surface area contributed by atoms with Crippen LogP contribution in [0.3, 0.4) is 0 Å². The van der Waals surface area contributed by atoms with Crippen LogP contribution in [0.4, 0.5) is 0 Å². The first-order valence-corrected chi connectivity index (χ1v) is 5.76. The zero-order valence-corrected chi connectivity index (χ0v) is 9.49. The Balaban J connectivity index is 2.20. The Labute approximate surface area is 91.6 Å². The Bertz CT molecular complexity index is 316. The van der Waals surface area contributed by atoms with Crippen molar-refractivity contribution in [3.63, 3.8) is 0 Å². The van der Waals surface area contributed by atoms with Crippen LogP contribution < -0.4 is 10.1 Å². The first-order chi connectivity index (χ1) is 7.27. The molecule has 1 fully saturated rings. The summed E-state index contributed by atoms with van der Waals surface area (Å²) in [7, 11) is 0. The minimum atomic E-state index is 0.243. The molecule has 82 valence electrons. The van der Waals surface area contributed by atoms with Gasteiger partial charge in [0.15, 0.2) is 0 Å². The molecule has 2 rings (SSSR count). The van der Waals surface area contributed by atoms with Gasteiger partial charge in [0.2, 0.25) is 0 Å². The lowest BCUT2D eigenvalue weighted by atomic mass is 10.0. The topological polar surface area (TPSA) is 21.3 Å². The molecule has 0 spiro atoms. The van der Waals surface area contributed by atoms with Gasteiger partial charge in [-0.1, -0.05) is 18.2 Å². The monoisotopic (exact) mass is 205 g/mol. The second-order valence-corrected chi connectivity index (χ2v) is 4.35. The van der Waals surface area contributed by atoms with E-state index in [0.29, 0.717) is 6.04 Å². The molecule has 1 atom stereocenters. The molecule has 0 saturated carbocycles. The number of para-hydroxylation sites is 1. The minimum absolute atomic E-state index is 0.243. The van der Waals surface area contributed by atoms with E-state index in [1.165, 1.54) is 18.4 Å². The van der Waals surface area contributed by atoms with Crippen LogP contribution >= 0.6 is 0 Å². The van der Waals surface area contributed by atoms with Crippen LogP contribution in [0.15, 0.2) is 24.3 Å². The summed E-state index contributed by atoms with van der Waals surface area (Å²) in [4.78, 5) is 0. The molecule has 0 aromatic heterocycles. The van der Waals surface area contributed by atoms with Crippen molar-refractivity contribution in [3.8, 4) is 5.75 Å². The summed E-state index contributed by atoms with van der Waals surface area (Å²) < 4.78 is 5.82. The number of hydrogen-bond acceptors (Lipinski definition) is 2. The van der Waals surface area contributed by atoms with Crippen LogP contribution in [0, 0.1) is 0 Å². The Kier molecular flexibility index (Phi) is 3.27. The second kappa shape index (κ2) is 4.67. The lowest BCUT2D eigenvalue weighted by Crippen LogP contribution is -2.15. The van der Waals surface area contributed by atoms with E-state index in [1.807, 2.05) is 6.07 Å². The molecule has 15 heavy (non-hydrogen) atoms. The van der Waals surface area contributed by atoms with E-state index in [2.05, 4.69) is 37.4 Å². The van der Waals surface area contributed by atoms with E-state index in [-0.39, 0.29) is 6.10 Å². The molecule has 2 heteroatoms. The summed E-state index contributed by atoms with van der Waals surface area (Å²) in [6, 6.07) is 8.84. The van der Waals surface area contributed by atoms with Crippen LogP contribution in [-0.4, -0.2) is 12.6 Å². The fraction of sp³-hybridized carbons (Fsp3) is 0.538. The number of nitrogens with one attached hydrogen (secondary N) is 1. The highest BCUT2D eigenvalue weighted by Gasteiger charge is 2.19. The molecule has 0 radical (unpaired) electrons. The van der Waals surface area contributed by atoms with Crippen molar-refractivity contribution in [2.75, 3.05) is 6.54 Å². The molecule has 1 aromatic rings. The van der Waals surface area contributed by atoms with E-state index in [9.17, 15) is 0 Å². The fourth-order valence-corrected chi connectivity index (χ4v) is 2.08. The first kappa shape index (κ1) is 10.5. The van der Waals surface area contributed by atoms with E-state index in [1.54, 1.807) is 0 Å². The molecule has 0 aliphatic carbocycles. The van der Waals surface area contributed by atoms with Gasteiger partial charge in [0.1, 0.15) is 5.75 Å². The summed E-state index contributed by atoms with van der Waals surface area (Å²) in [5, 5.41) is 3.51. The smallest absolute Gasteiger partial charge is 0.124 e. The average molecular weight is 205 g/mol. The third-order valence-electron chi connectivity index (χ3n) is 2.72. The van der Waals surface area contributed by atoms with Gasteiger partial charge in [0.25, 0.3) is 0 Å². The Morgan fingerprint density at radius 2 is 2.13 bits per heavy atom. The minimum Gasteiger partial charge on any atom is -0.491 e. The van der Waals surface area contributed by atoms with Crippen molar-refractivity contribution in [1.82, 2.24) is 5.32 Å². The quantitative estimate of drug-likeness (QED) is 0.819. The highest BCUT2D eigenvalue weighted by atomic mass is 16.5. The largest absolute Gasteiger partial charge is 0.491 e. The standard InChI is InChI=1S/C13H19NO/c1-10(2)15-13-8-4-3-6-11(13)12-7-5-9-14-12/h3-4,6,8,10,12,14H,5,7,9H2,1-2H3/t12-/m0/s1. The van der Waals surface area contributed by atoms with Gasteiger partial charge in [-0.2, -0.15) is 0 Å². The lowest BCUT2D eigenvalue weighted by Gasteiger charge is -2.18. The molecular weight excluding hydrogens is 186 g/mol. The van der Waals surface area contributed by atoms with Gasteiger partial charge in [-0.25, -0.2) is 0 Å². The van der Waals surface area contributed by atoms with Gasteiger partial charge in [0, 0.05) is 11.6 Å². The van der Waals surface area contributed by atoms with Crippen LogP contribution in [0.25, 0.3) is 0 Å². The molecule has 2 nitrogen and oxygen atoms in total. The number of ether oxygens (including phenoxy) is 1. The summed E-state index contributed by atoms with van der Waals surface area (Å²) in [5.41, 5.74) is 1.31. The molecule has 1 aliphatic rings. The van der Waals surface area contributed by atoms with Gasteiger partial charge >= 0.3 is 0 Å². The zero-order chi connectivity index (χ0) is 10.7. The average Bonchev–Trinajstić information content (AvgIpc) is 2.70. The van der Waals surface area contributed by atoms with Crippen molar-refractivity contribution < 1.29 is 4.74 Å². The molecule has 0 unspecified atom stereocenters. The van der Waals surface area contributed by atoms with Gasteiger partial charge in [0.05, 0.1) is 6.10 Å². The fourth-order valence-electron chi connectivity index (χ4n) is 2.08. The number of benzene rings is 1. The van der Waals surface area contributed by atoms with Crippen molar-refractivity contribution in [2.24, 2.45) is 0 Å². The molecule has 1 aromatic carbocycles. The number of hydrogen-bond donors (Lipinski definition) is 1. The highest BCUT2D eigenvalue weighted by Crippen LogP contribution is 2.31. The summed E-state index contributed by atoms with van der Waals surface area (Å²) in [6.07, 6.45) is 2.73. The van der Waals surface area contributed by atoms with E-state index < -0.39 is 0 Å². The van der Waals surface area contributed by atoms with Crippen molar-refractivity contribution in [1.29, 1.82) is 0 Å². The Hall–Kier alpha value is -1.02. The summed E-state index contributed by atoms with van der Waals surface area (Å²) in [6.45, 7) is 5.26. The molecule has 1 aliphatic heterocycles. The number of rotatable bonds is 3. The molecule has 1 saturated heterocycles. The highest BCUT2D eigenvalue weighted by molar-refractivity contribution is 5.36. The van der Waals surface area contributed by atoms with Gasteiger partial charge in [-0.05, 0) is 39.3 Å². The Morgan fingerprint density at radius 3 is 2.80 bits per heavy atom. The first-order valence-electron chi connectivity index (χ1n) is 5.76. The van der Waals surface area contributed by atoms with Gasteiger partial charge in [-0.3, -0.25) is 0 Å². The van der Waals surface area contributed by atoms with Gasteiger partial charge < -0.3 is 10.1 Å². The maximum atomic E-state index is 5.82. The molecule has 1 heterocycles. The normalized spacial score (nSPS) is 20.9. The molecule has 1 N–H and O–H groups in total. The van der Waals surface area contributed by atoms with E-state index >= 15 is 0 Å². The SMILES string of the molecule is CC(C)Oc1ccccc1[C@@H]1CCCN1. The van der Waals surface area contributed by atoms with Crippen LogP contribution in [0.1, 0.15) is 38.3 Å². The van der Waals surface area contributed by atoms with Gasteiger partial charge in [-0.15, -0.1) is 0 Å². The maximum Gasteiger partial charge on any atom is 0.124 e. The predicted molar refractivity (Wildman–Crippen MR) is 62.2 cm³/mol. The zero-order valence-electron chi connectivity index (χ0n) is 9.49. The van der Waals surface area contributed by atoms with Crippen LogP contribution in [0.5, 0.6) is 5.75 Å². The third kappa shape index (κ3) is 2.51. The molecular formula is C13H19NO. The molecule has 0 bridgehead atoms. The molecule has 0 amide bonds. The summed E-state index contributed by atoms with van der Waals surface area (Å²) >= 11 is 0. The van der Waals surface area contributed by atoms with Crippen molar-refractivity contribution in [3.05, 3.63) is 29.8 Å². The van der Waals surface area contributed by atoms with E-state index in [4.69, 9.17) is 4.74 Å². The van der Waals surface area contributed by atoms with E-state index in [0.717, 1.165) is 12.3 Å². The Morgan fingerprint density at radius 1 is 1.33 bits per heavy atom. The van der Waals surface area contributed by atoms with Crippen LogP contribution in [-0.2, 0) is 0 Å². The van der Waals surface area contributed by atoms with Crippen molar-refractivity contribution >= 4 is 0 Å². The predicted octanol–water partition coefficient (Wildman–Crippen LogP) is 2.90. The maximum absolute atomic E-state index is 5.82. The van der Waals surface area contributed by atoms with Crippen LogP contribution in [0.2, 0.25) is 0 Å². The van der Waals surface area contributed by atoms with Crippen molar-refractivity contribution in [2.45, 2.75) is 38.8 Å². The second-order valence-electron chi connectivity index (χ2n) is 4.35. The third-order valence-corrected chi connectivity index (χ3v) is 2.72.